The maximum atomic E-state index is 6.19. The van der Waals surface area contributed by atoms with Gasteiger partial charge in [0.15, 0.2) is 0 Å². The van der Waals surface area contributed by atoms with E-state index < -0.39 is 0 Å². The summed E-state index contributed by atoms with van der Waals surface area (Å²) < 4.78 is 0. The van der Waals surface area contributed by atoms with Crippen molar-refractivity contribution in [2.24, 2.45) is 0 Å². The molecule has 3 rings (SSSR count). The van der Waals surface area contributed by atoms with Crippen LogP contribution in [0.1, 0.15) is 24.0 Å². The summed E-state index contributed by atoms with van der Waals surface area (Å²) >= 11 is 8.03. The highest BCUT2D eigenvalue weighted by Crippen LogP contribution is 2.42. The Hall–Kier alpha value is -1.22. The fourth-order valence-corrected chi connectivity index (χ4v) is 4.01. The molecule has 0 aromatic heterocycles. The molecule has 0 spiro atoms. The van der Waals surface area contributed by atoms with E-state index in [1.165, 1.54) is 44.4 Å². The van der Waals surface area contributed by atoms with Gasteiger partial charge in [-0.25, -0.2) is 0 Å². The summed E-state index contributed by atoms with van der Waals surface area (Å²) in [6.45, 7) is 1.19. The van der Waals surface area contributed by atoms with Crippen molar-refractivity contribution in [1.82, 2.24) is 0 Å². The van der Waals surface area contributed by atoms with Crippen LogP contribution in [0, 0.1) is 0 Å². The quantitative estimate of drug-likeness (QED) is 0.877. The Morgan fingerprint density at radius 3 is 2.68 bits per heavy atom. The fraction of sp³-hybridized carbons (Fsp3) is 0.263. The van der Waals surface area contributed by atoms with Crippen LogP contribution in [0.4, 0.5) is 0 Å². The number of hydrogen-bond acceptors (Lipinski definition) is 1. The second-order valence-electron chi connectivity index (χ2n) is 6.01. The van der Waals surface area contributed by atoms with Gasteiger partial charge < -0.3 is 4.90 Å². The van der Waals surface area contributed by atoms with Gasteiger partial charge in [-0.1, -0.05) is 41.6 Å². The molecule has 1 aliphatic heterocycles. The van der Waals surface area contributed by atoms with E-state index in [4.69, 9.17) is 11.6 Å². The molecule has 0 saturated carbocycles. The maximum Gasteiger partial charge on any atom is 0.0770 e. The molecule has 0 aliphatic carbocycles. The first-order valence-electron chi connectivity index (χ1n) is 7.70. The number of rotatable bonds is 4. The van der Waals surface area contributed by atoms with E-state index in [0.29, 0.717) is 0 Å². The maximum absolute atomic E-state index is 6.19. The highest BCUT2D eigenvalue weighted by molar-refractivity contribution is 7.99. The molecule has 0 atom stereocenters. The van der Waals surface area contributed by atoms with Crippen molar-refractivity contribution in [2.75, 3.05) is 20.6 Å². The molecule has 3 heteroatoms. The van der Waals surface area contributed by atoms with Crippen LogP contribution < -0.4 is 4.90 Å². The minimum absolute atomic E-state index is 0.804. The van der Waals surface area contributed by atoms with Gasteiger partial charge in [-0.2, -0.15) is 0 Å². The molecule has 2 aromatic carbocycles. The van der Waals surface area contributed by atoms with E-state index in [-0.39, 0.29) is 0 Å². The molecule has 22 heavy (non-hydrogen) atoms. The van der Waals surface area contributed by atoms with E-state index in [1.54, 1.807) is 0 Å². The van der Waals surface area contributed by atoms with Gasteiger partial charge in [-0.05, 0) is 53.5 Å². The largest absolute Gasteiger partial charge is 0.340 e. The lowest BCUT2D eigenvalue weighted by Gasteiger charge is -2.11. The molecule has 2 aromatic rings. The summed E-state index contributed by atoms with van der Waals surface area (Å²) in [6, 6.07) is 14.9. The zero-order valence-electron chi connectivity index (χ0n) is 13.0. The molecule has 1 N–H and O–H groups in total. The number of quaternary nitrogens is 1. The minimum Gasteiger partial charge on any atom is -0.340 e. The molecule has 0 saturated heterocycles. The Labute approximate surface area is 142 Å². The molecule has 0 unspecified atom stereocenters. The standard InChI is InChI=1S/C19H20ClNS/c1-21(2)11-5-6-14-12-15-13-16(20)9-10-18(15)22-19-8-4-3-7-17(14)19/h3-4,7-10,12-13H,5-6,11H2,1-2H3/p+1. The van der Waals surface area contributed by atoms with Gasteiger partial charge in [0.05, 0.1) is 20.6 Å². The average molecular weight is 331 g/mol. The van der Waals surface area contributed by atoms with Crippen molar-refractivity contribution >= 4 is 35.0 Å². The van der Waals surface area contributed by atoms with Crippen molar-refractivity contribution in [3.05, 3.63) is 58.6 Å². The topological polar surface area (TPSA) is 4.44 Å². The van der Waals surface area contributed by atoms with Crippen molar-refractivity contribution in [2.45, 2.75) is 22.6 Å². The lowest BCUT2D eigenvalue weighted by molar-refractivity contribution is -0.858. The first-order chi connectivity index (χ1) is 10.6. The lowest BCUT2D eigenvalue weighted by Crippen LogP contribution is -3.05. The predicted octanol–water partition coefficient (Wildman–Crippen LogP) is 4.27. The van der Waals surface area contributed by atoms with Crippen LogP contribution in [0.15, 0.2) is 52.3 Å². The number of halogens is 1. The van der Waals surface area contributed by atoms with Crippen LogP contribution in [-0.2, 0) is 0 Å². The van der Waals surface area contributed by atoms with Gasteiger partial charge in [-0.15, -0.1) is 0 Å². The van der Waals surface area contributed by atoms with E-state index in [2.05, 4.69) is 56.6 Å². The smallest absolute Gasteiger partial charge is 0.0770 e. The zero-order valence-corrected chi connectivity index (χ0v) is 14.6. The molecule has 0 amide bonds. The minimum atomic E-state index is 0.804. The Morgan fingerprint density at radius 2 is 1.86 bits per heavy atom. The Morgan fingerprint density at radius 1 is 1.05 bits per heavy atom. The molecular formula is C19H21ClNS+. The van der Waals surface area contributed by atoms with Crippen LogP contribution >= 0.6 is 23.4 Å². The van der Waals surface area contributed by atoms with Crippen molar-refractivity contribution < 1.29 is 4.90 Å². The van der Waals surface area contributed by atoms with Crippen LogP contribution in [-0.4, -0.2) is 20.6 Å². The number of hydrogen-bond donors (Lipinski definition) is 1. The zero-order chi connectivity index (χ0) is 15.5. The highest BCUT2D eigenvalue weighted by Gasteiger charge is 2.16. The van der Waals surface area contributed by atoms with Crippen LogP contribution in [0.2, 0.25) is 5.02 Å². The second kappa shape index (κ2) is 6.91. The van der Waals surface area contributed by atoms with Crippen LogP contribution in [0.25, 0.3) is 11.6 Å². The lowest BCUT2D eigenvalue weighted by atomic mass is 9.98. The summed E-state index contributed by atoms with van der Waals surface area (Å²) in [4.78, 5) is 4.12. The second-order valence-corrected chi connectivity index (χ2v) is 7.53. The average Bonchev–Trinajstić information content (AvgIpc) is 2.63. The van der Waals surface area contributed by atoms with E-state index in [0.717, 1.165) is 11.4 Å². The number of benzene rings is 2. The summed E-state index contributed by atoms with van der Waals surface area (Å²) in [5.74, 6) is 0. The number of fused-ring (bicyclic) bond motifs is 2. The Balaban J connectivity index is 1.99. The summed E-state index contributed by atoms with van der Waals surface area (Å²) in [5, 5.41) is 0.804. The van der Waals surface area contributed by atoms with Crippen molar-refractivity contribution in [3.63, 3.8) is 0 Å². The molecule has 114 valence electrons. The van der Waals surface area contributed by atoms with E-state index in [1.807, 2.05) is 17.8 Å². The molecule has 0 fully saturated rings. The van der Waals surface area contributed by atoms with Gasteiger partial charge in [0.1, 0.15) is 0 Å². The molecule has 1 aliphatic rings. The van der Waals surface area contributed by atoms with E-state index >= 15 is 0 Å². The van der Waals surface area contributed by atoms with Crippen molar-refractivity contribution in [1.29, 1.82) is 0 Å². The highest BCUT2D eigenvalue weighted by atomic mass is 35.5. The normalized spacial score (nSPS) is 13.4. The van der Waals surface area contributed by atoms with E-state index in [9.17, 15) is 0 Å². The monoisotopic (exact) mass is 330 g/mol. The van der Waals surface area contributed by atoms with Crippen molar-refractivity contribution in [3.8, 4) is 0 Å². The predicted molar refractivity (Wildman–Crippen MR) is 96.8 cm³/mol. The Kier molecular flexibility index (Phi) is 4.92. The Bertz CT molecular complexity index is 706. The number of allylic oxidation sites excluding steroid dienone is 1. The third-order valence-corrected chi connectivity index (χ3v) is 5.28. The third kappa shape index (κ3) is 3.57. The summed E-state index contributed by atoms with van der Waals surface area (Å²) in [5.41, 5.74) is 4.03. The molecule has 1 heterocycles. The molecule has 0 bridgehead atoms. The SMILES string of the molecule is C[NH+](C)CCCC1=Cc2cc(Cl)ccc2Sc2ccccc21. The molecular weight excluding hydrogens is 310 g/mol. The summed E-state index contributed by atoms with van der Waals surface area (Å²) in [7, 11) is 4.42. The third-order valence-electron chi connectivity index (χ3n) is 3.88. The molecule has 1 nitrogen and oxygen atoms in total. The molecule has 0 radical (unpaired) electrons. The van der Waals surface area contributed by atoms with Crippen LogP contribution in [0.3, 0.4) is 0 Å². The van der Waals surface area contributed by atoms with Gasteiger partial charge >= 0.3 is 0 Å². The van der Waals surface area contributed by atoms with Gasteiger partial charge in [-0.3, -0.25) is 0 Å². The van der Waals surface area contributed by atoms with Gasteiger partial charge in [0.2, 0.25) is 0 Å². The number of nitrogens with one attached hydrogen (secondary N) is 1. The first-order valence-corrected chi connectivity index (χ1v) is 8.89. The van der Waals surface area contributed by atoms with Crippen LogP contribution in [0.5, 0.6) is 0 Å². The van der Waals surface area contributed by atoms with Gasteiger partial charge in [0, 0.05) is 21.2 Å². The first kappa shape index (κ1) is 15.7. The fourth-order valence-electron chi connectivity index (χ4n) is 2.77. The van der Waals surface area contributed by atoms with Gasteiger partial charge in [0.25, 0.3) is 0 Å². The summed E-state index contributed by atoms with van der Waals surface area (Å²) in [6.07, 6.45) is 4.63.